The van der Waals surface area contributed by atoms with Gasteiger partial charge in [0.15, 0.2) is 0 Å². The molecule has 0 aliphatic rings. The van der Waals surface area contributed by atoms with Crippen molar-refractivity contribution in [2.24, 2.45) is 0 Å². The second kappa shape index (κ2) is 6.61. The first-order valence-corrected chi connectivity index (χ1v) is 7.47. The van der Waals surface area contributed by atoms with Crippen LogP contribution in [0.25, 0.3) is 0 Å². The summed E-state index contributed by atoms with van der Waals surface area (Å²) in [5.74, 6) is 0.690. The van der Waals surface area contributed by atoms with Crippen molar-refractivity contribution in [3.63, 3.8) is 0 Å². The van der Waals surface area contributed by atoms with E-state index >= 15 is 0 Å². The van der Waals surface area contributed by atoms with Gasteiger partial charge in [-0.1, -0.05) is 27.5 Å². The van der Waals surface area contributed by atoms with E-state index in [4.69, 9.17) is 16.3 Å². The molecule has 0 aliphatic carbocycles. The highest BCUT2D eigenvalue weighted by atomic mass is 79.9. The minimum absolute atomic E-state index is 0.0372. The van der Waals surface area contributed by atoms with Crippen molar-refractivity contribution in [1.29, 1.82) is 0 Å². The van der Waals surface area contributed by atoms with Crippen LogP contribution in [0, 0.1) is 6.92 Å². The van der Waals surface area contributed by atoms with Crippen molar-refractivity contribution >= 4 is 27.5 Å². The highest BCUT2D eigenvalue weighted by Gasteiger charge is 2.13. The number of aryl methyl sites for hydroxylation is 2. The lowest BCUT2D eigenvalue weighted by molar-refractivity contribution is 0.275. The van der Waals surface area contributed by atoms with Gasteiger partial charge in [-0.15, -0.1) is 0 Å². The minimum atomic E-state index is -0.0372. The maximum atomic E-state index is 9.24. The van der Waals surface area contributed by atoms with Gasteiger partial charge in [0.1, 0.15) is 12.4 Å². The fraction of sp³-hybridized carbons (Fsp3) is 0.357. The number of hydrogen-bond acceptors (Lipinski definition) is 3. The number of halogens is 2. The predicted molar refractivity (Wildman–Crippen MR) is 82.0 cm³/mol. The molecule has 0 saturated heterocycles. The van der Waals surface area contributed by atoms with Crippen molar-refractivity contribution in [3.8, 4) is 5.75 Å². The second-order valence-corrected chi connectivity index (χ2v) is 5.59. The molecule has 108 valence electrons. The largest absolute Gasteiger partial charge is 0.487 e. The van der Waals surface area contributed by atoms with Crippen LogP contribution in [-0.2, 0) is 19.8 Å². The summed E-state index contributed by atoms with van der Waals surface area (Å²) in [7, 11) is 0. The second-order valence-electron chi connectivity index (χ2n) is 4.36. The van der Waals surface area contributed by atoms with E-state index in [1.807, 2.05) is 30.7 Å². The van der Waals surface area contributed by atoms with E-state index in [0.29, 0.717) is 17.4 Å². The topological polar surface area (TPSA) is 47.3 Å². The number of rotatable bonds is 5. The van der Waals surface area contributed by atoms with Crippen LogP contribution in [-0.4, -0.2) is 14.9 Å². The number of ether oxygens (including phenoxy) is 1. The standard InChI is InChI=1S/C14H16BrClN2O2/c1-3-18-13(14(16)9(2)17-18)8-20-11-4-5-12(15)10(6-11)7-19/h4-6,19H,3,7-8H2,1-2H3. The van der Waals surface area contributed by atoms with Gasteiger partial charge in [-0.05, 0) is 37.6 Å². The maximum Gasteiger partial charge on any atom is 0.131 e. The van der Waals surface area contributed by atoms with Gasteiger partial charge in [-0.3, -0.25) is 4.68 Å². The first-order valence-electron chi connectivity index (χ1n) is 6.30. The summed E-state index contributed by atoms with van der Waals surface area (Å²) in [5.41, 5.74) is 2.45. The van der Waals surface area contributed by atoms with Gasteiger partial charge >= 0.3 is 0 Å². The molecule has 1 aromatic heterocycles. The molecule has 0 spiro atoms. The Hall–Kier alpha value is -1.04. The van der Waals surface area contributed by atoms with Crippen LogP contribution >= 0.6 is 27.5 Å². The van der Waals surface area contributed by atoms with Crippen LogP contribution in [0.5, 0.6) is 5.75 Å². The van der Waals surface area contributed by atoms with Crippen molar-refractivity contribution in [2.75, 3.05) is 0 Å². The first-order chi connectivity index (χ1) is 9.56. The van der Waals surface area contributed by atoms with Crippen LogP contribution in [0.2, 0.25) is 5.02 Å². The SMILES string of the molecule is CCn1nc(C)c(Cl)c1COc1ccc(Br)c(CO)c1. The molecule has 4 nitrogen and oxygen atoms in total. The molecule has 0 fully saturated rings. The normalized spacial score (nSPS) is 10.8. The molecule has 0 aliphatic heterocycles. The summed E-state index contributed by atoms with van der Waals surface area (Å²) in [6.45, 7) is 4.94. The quantitative estimate of drug-likeness (QED) is 0.885. The van der Waals surface area contributed by atoms with Crippen LogP contribution in [0.3, 0.4) is 0 Å². The number of nitrogens with zero attached hydrogens (tertiary/aromatic N) is 2. The highest BCUT2D eigenvalue weighted by molar-refractivity contribution is 9.10. The van der Waals surface area contributed by atoms with Crippen LogP contribution in [0.15, 0.2) is 22.7 Å². The average molecular weight is 360 g/mol. The van der Waals surface area contributed by atoms with Gasteiger partial charge in [0.2, 0.25) is 0 Å². The summed E-state index contributed by atoms with van der Waals surface area (Å²) in [6.07, 6.45) is 0. The Kier molecular flexibility index (Phi) is 5.07. The van der Waals surface area contributed by atoms with Gasteiger partial charge in [0.25, 0.3) is 0 Å². The smallest absolute Gasteiger partial charge is 0.131 e. The monoisotopic (exact) mass is 358 g/mol. The van der Waals surface area contributed by atoms with E-state index in [0.717, 1.165) is 28.0 Å². The molecule has 2 rings (SSSR count). The zero-order chi connectivity index (χ0) is 14.7. The van der Waals surface area contributed by atoms with Crippen LogP contribution in [0.1, 0.15) is 23.9 Å². The summed E-state index contributed by atoms with van der Waals surface area (Å²) >= 11 is 9.61. The molecule has 20 heavy (non-hydrogen) atoms. The van der Waals surface area contributed by atoms with Gasteiger partial charge in [0, 0.05) is 11.0 Å². The van der Waals surface area contributed by atoms with Crippen molar-refractivity contribution in [1.82, 2.24) is 9.78 Å². The lowest BCUT2D eigenvalue weighted by Crippen LogP contribution is -2.06. The van der Waals surface area contributed by atoms with E-state index in [1.54, 1.807) is 6.07 Å². The Labute approximate surface area is 131 Å². The van der Waals surface area contributed by atoms with Crippen molar-refractivity contribution in [2.45, 2.75) is 33.6 Å². The summed E-state index contributed by atoms with van der Waals surface area (Å²) < 4.78 is 8.45. The first kappa shape index (κ1) is 15.4. The molecule has 1 N–H and O–H groups in total. The number of benzene rings is 1. The Morgan fingerprint density at radius 3 is 2.85 bits per heavy atom. The van der Waals surface area contributed by atoms with E-state index in [-0.39, 0.29) is 6.61 Å². The number of aromatic nitrogens is 2. The molecule has 1 aromatic carbocycles. The Bertz CT molecular complexity index is 613. The Morgan fingerprint density at radius 2 is 2.20 bits per heavy atom. The Morgan fingerprint density at radius 1 is 1.45 bits per heavy atom. The molecule has 0 bridgehead atoms. The summed E-state index contributed by atoms with van der Waals surface area (Å²) in [6, 6.07) is 5.50. The molecule has 0 unspecified atom stereocenters. The van der Waals surface area contributed by atoms with Crippen molar-refractivity contribution in [3.05, 3.63) is 44.6 Å². The molecule has 0 amide bonds. The van der Waals surface area contributed by atoms with E-state index in [2.05, 4.69) is 21.0 Å². The fourth-order valence-corrected chi connectivity index (χ4v) is 2.48. The molecular weight excluding hydrogens is 344 g/mol. The fourth-order valence-electron chi connectivity index (χ4n) is 1.92. The minimum Gasteiger partial charge on any atom is -0.487 e. The van der Waals surface area contributed by atoms with E-state index in [1.165, 1.54) is 0 Å². The molecule has 2 aromatic rings. The lowest BCUT2D eigenvalue weighted by Gasteiger charge is -2.10. The van der Waals surface area contributed by atoms with Crippen LogP contribution < -0.4 is 4.74 Å². The highest BCUT2D eigenvalue weighted by Crippen LogP contribution is 2.25. The molecule has 1 heterocycles. The molecule has 0 atom stereocenters. The zero-order valence-corrected chi connectivity index (χ0v) is 13.7. The number of hydrogen-bond donors (Lipinski definition) is 1. The van der Waals surface area contributed by atoms with E-state index < -0.39 is 0 Å². The van der Waals surface area contributed by atoms with Gasteiger partial charge in [-0.25, -0.2) is 0 Å². The predicted octanol–water partition coefficient (Wildman–Crippen LogP) is 3.70. The summed E-state index contributed by atoms with van der Waals surface area (Å²) in [5, 5.41) is 14.2. The third-order valence-corrected chi connectivity index (χ3v) is 4.28. The van der Waals surface area contributed by atoms with Gasteiger partial charge in [0.05, 0.1) is 23.0 Å². The molecule has 6 heteroatoms. The molecule has 0 radical (unpaired) electrons. The van der Waals surface area contributed by atoms with Crippen molar-refractivity contribution < 1.29 is 9.84 Å². The van der Waals surface area contributed by atoms with Gasteiger partial charge in [-0.2, -0.15) is 5.10 Å². The average Bonchev–Trinajstić information content (AvgIpc) is 2.73. The van der Waals surface area contributed by atoms with Crippen LogP contribution in [0.4, 0.5) is 0 Å². The maximum absolute atomic E-state index is 9.24. The van der Waals surface area contributed by atoms with Gasteiger partial charge < -0.3 is 9.84 Å². The zero-order valence-electron chi connectivity index (χ0n) is 11.4. The third kappa shape index (κ3) is 3.16. The number of aliphatic hydroxyl groups excluding tert-OH is 1. The third-order valence-electron chi connectivity index (χ3n) is 3.02. The molecular formula is C14H16BrClN2O2. The lowest BCUT2D eigenvalue weighted by atomic mass is 10.2. The molecule has 0 saturated carbocycles. The Balaban J connectivity index is 2.16. The summed E-state index contributed by atoms with van der Waals surface area (Å²) in [4.78, 5) is 0. The van der Waals surface area contributed by atoms with E-state index in [9.17, 15) is 5.11 Å². The number of aliphatic hydroxyl groups is 1.